The molecule has 7 heteroatoms. The molecule has 0 atom stereocenters. The molecule has 0 spiro atoms. The van der Waals surface area contributed by atoms with Gasteiger partial charge in [0.25, 0.3) is 5.91 Å². The predicted molar refractivity (Wildman–Crippen MR) is 94.8 cm³/mol. The molecule has 0 unspecified atom stereocenters. The van der Waals surface area contributed by atoms with Crippen LogP contribution in [0.4, 0.5) is 11.4 Å². The van der Waals surface area contributed by atoms with Crippen LogP contribution >= 0.6 is 0 Å². The molecule has 0 radical (unpaired) electrons. The molecule has 2 N–H and O–H groups in total. The summed E-state index contributed by atoms with van der Waals surface area (Å²) in [4.78, 5) is 24.0. The first-order chi connectivity index (χ1) is 12.0. The number of carbonyl (C=O) groups excluding carboxylic acids is 2. The monoisotopic (exact) mass is 344 g/mol. The summed E-state index contributed by atoms with van der Waals surface area (Å²) < 4.78 is 15.8. The lowest BCUT2D eigenvalue weighted by Gasteiger charge is -2.15. The van der Waals surface area contributed by atoms with Gasteiger partial charge in [0.05, 0.1) is 27.0 Å². The Kier molecular flexibility index (Phi) is 5.84. The molecular weight excluding hydrogens is 324 g/mol. The molecule has 2 rings (SSSR count). The number of benzene rings is 2. The van der Waals surface area contributed by atoms with Crippen LogP contribution in [0.15, 0.2) is 36.4 Å². The van der Waals surface area contributed by atoms with Crippen molar-refractivity contribution in [1.82, 2.24) is 0 Å². The average Bonchev–Trinajstić information content (AvgIpc) is 2.60. The molecular formula is C18H20N2O5. The van der Waals surface area contributed by atoms with Gasteiger partial charge in [-0.2, -0.15) is 0 Å². The Labute approximate surface area is 145 Å². The van der Waals surface area contributed by atoms with E-state index in [1.165, 1.54) is 28.3 Å². The zero-order valence-electron chi connectivity index (χ0n) is 14.5. The van der Waals surface area contributed by atoms with Crippen LogP contribution in [0.1, 0.15) is 17.3 Å². The minimum atomic E-state index is -0.424. The van der Waals surface area contributed by atoms with E-state index in [9.17, 15) is 9.59 Å². The lowest BCUT2D eigenvalue weighted by atomic mass is 10.1. The summed E-state index contributed by atoms with van der Waals surface area (Å²) in [6.07, 6.45) is 0. The zero-order valence-corrected chi connectivity index (χ0v) is 14.5. The van der Waals surface area contributed by atoms with Crippen LogP contribution < -0.4 is 24.8 Å². The summed E-state index contributed by atoms with van der Waals surface area (Å²) in [5.74, 6) is 0.584. The van der Waals surface area contributed by atoms with Gasteiger partial charge in [0.15, 0.2) is 0 Å². The van der Waals surface area contributed by atoms with E-state index in [1.54, 1.807) is 36.4 Å². The molecule has 0 bridgehead atoms. The molecule has 0 saturated carbocycles. The molecule has 0 aliphatic heterocycles. The quantitative estimate of drug-likeness (QED) is 0.841. The molecule has 0 heterocycles. The highest BCUT2D eigenvalue weighted by Crippen LogP contribution is 2.32. The minimum Gasteiger partial charge on any atom is -0.496 e. The second-order valence-corrected chi connectivity index (χ2v) is 5.09. The molecule has 25 heavy (non-hydrogen) atoms. The smallest absolute Gasteiger partial charge is 0.263 e. The fraction of sp³-hybridized carbons (Fsp3) is 0.222. The maximum absolute atomic E-state index is 12.8. The summed E-state index contributed by atoms with van der Waals surface area (Å²) in [6, 6.07) is 10.0. The normalized spacial score (nSPS) is 9.92. The van der Waals surface area contributed by atoms with Crippen LogP contribution in [0.25, 0.3) is 0 Å². The van der Waals surface area contributed by atoms with Crippen LogP contribution in [0, 0.1) is 0 Å². The molecule has 2 aromatic carbocycles. The topological polar surface area (TPSA) is 85.9 Å². The van der Waals surface area contributed by atoms with E-state index in [-0.39, 0.29) is 11.5 Å². The number of amides is 2. The second kappa shape index (κ2) is 8.05. The number of methoxy groups -OCH3 is 3. The Bertz CT molecular complexity index is 767. The molecule has 0 fully saturated rings. The minimum absolute atomic E-state index is 0.214. The summed E-state index contributed by atoms with van der Waals surface area (Å²) in [6.45, 7) is 1.40. The van der Waals surface area contributed by atoms with Crippen LogP contribution in [0.2, 0.25) is 0 Å². The summed E-state index contributed by atoms with van der Waals surface area (Å²) in [5, 5.41) is 5.43. The van der Waals surface area contributed by atoms with Gasteiger partial charge in [-0.05, 0) is 30.3 Å². The van der Waals surface area contributed by atoms with Crippen LogP contribution in [-0.4, -0.2) is 33.1 Å². The molecule has 2 aromatic rings. The van der Waals surface area contributed by atoms with Crippen LogP contribution in [0.3, 0.4) is 0 Å². The van der Waals surface area contributed by atoms with E-state index in [0.29, 0.717) is 28.6 Å². The third kappa shape index (κ3) is 4.20. The third-order valence-electron chi connectivity index (χ3n) is 3.42. The Balaban J connectivity index is 2.39. The highest BCUT2D eigenvalue weighted by molar-refractivity contribution is 6.09. The van der Waals surface area contributed by atoms with E-state index < -0.39 is 5.91 Å². The van der Waals surface area contributed by atoms with E-state index in [0.717, 1.165) is 0 Å². The van der Waals surface area contributed by atoms with Gasteiger partial charge in [-0.15, -0.1) is 0 Å². The van der Waals surface area contributed by atoms with Crippen molar-refractivity contribution in [2.75, 3.05) is 32.0 Å². The van der Waals surface area contributed by atoms with Gasteiger partial charge in [-0.3, -0.25) is 9.59 Å². The molecule has 132 valence electrons. The summed E-state index contributed by atoms with van der Waals surface area (Å²) in [7, 11) is 4.44. The predicted octanol–water partition coefficient (Wildman–Crippen LogP) is 2.92. The first-order valence-corrected chi connectivity index (χ1v) is 7.48. The Hall–Kier alpha value is -3.22. The molecule has 0 saturated heterocycles. The van der Waals surface area contributed by atoms with E-state index >= 15 is 0 Å². The summed E-state index contributed by atoms with van der Waals surface area (Å²) in [5.41, 5.74) is 1.21. The molecule has 0 aliphatic carbocycles. The number of hydrogen-bond donors (Lipinski definition) is 2. The summed E-state index contributed by atoms with van der Waals surface area (Å²) >= 11 is 0. The molecule has 2 amide bonds. The first-order valence-electron chi connectivity index (χ1n) is 7.48. The lowest BCUT2D eigenvalue weighted by Crippen LogP contribution is -2.15. The first kappa shape index (κ1) is 18.1. The van der Waals surface area contributed by atoms with E-state index in [1.807, 2.05) is 0 Å². The molecule has 0 aliphatic rings. The van der Waals surface area contributed by atoms with Crippen molar-refractivity contribution in [3.63, 3.8) is 0 Å². The third-order valence-corrected chi connectivity index (χ3v) is 3.42. The van der Waals surface area contributed by atoms with Crippen molar-refractivity contribution in [3.05, 3.63) is 42.0 Å². The highest BCUT2D eigenvalue weighted by Gasteiger charge is 2.19. The number of rotatable bonds is 6. The Morgan fingerprint density at radius 1 is 0.840 bits per heavy atom. The van der Waals surface area contributed by atoms with Crippen molar-refractivity contribution in [1.29, 1.82) is 0 Å². The highest BCUT2D eigenvalue weighted by atomic mass is 16.5. The van der Waals surface area contributed by atoms with Gasteiger partial charge in [-0.25, -0.2) is 0 Å². The van der Waals surface area contributed by atoms with Crippen molar-refractivity contribution in [2.45, 2.75) is 6.92 Å². The maximum atomic E-state index is 12.8. The number of nitrogens with one attached hydrogen (secondary N) is 2. The standard InChI is InChI=1S/C18H20N2O5/c1-11(21)19-12-8-9-14(23-2)13(10-12)20-18(22)17-15(24-3)6-5-7-16(17)25-4/h5-10H,1-4H3,(H,19,21)(H,20,22). The number of hydrogen-bond acceptors (Lipinski definition) is 5. The van der Waals surface area contributed by atoms with E-state index in [4.69, 9.17) is 14.2 Å². The van der Waals surface area contributed by atoms with Crippen molar-refractivity contribution >= 4 is 23.2 Å². The maximum Gasteiger partial charge on any atom is 0.263 e. The number of anilines is 2. The largest absolute Gasteiger partial charge is 0.496 e. The second-order valence-electron chi connectivity index (χ2n) is 5.09. The van der Waals surface area contributed by atoms with Gasteiger partial charge < -0.3 is 24.8 Å². The van der Waals surface area contributed by atoms with Gasteiger partial charge in [0, 0.05) is 12.6 Å². The fourth-order valence-electron chi connectivity index (χ4n) is 2.35. The number of carbonyl (C=O) groups is 2. The van der Waals surface area contributed by atoms with Gasteiger partial charge in [0.1, 0.15) is 22.8 Å². The van der Waals surface area contributed by atoms with E-state index in [2.05, 4.69) is 10.6 Å². The Morgan fingerprint density at radius 3 is 1.96 bits per heavy atom. The van der Waals surface area contributed by atoms with Crippen LogP contribution in [-0.2, 0) is 4.79 Å². The number of ether oxygens (including phenoxy) is 3. The molecule has 7 nitrogen and oxygen atoms in total. The zero-order chi connectivity index (χ0) is 18.4. The van der Waals surface area contributed by atoms with Gasteiger partial charge in [0.2, 0.25) is 5.91 Å². The average molecular weight is 344 g/mol. The van der Waals surface area contributed by atoms with Crippen molar-refractivity contribution in [2.24, 2.45) is 0 Å². The fourth-order valence-corrected chi connectivity index (χ4v) is 2.35. The van der Waals surface area contributed by atoms with Gasteiger partial charge in [-0.1, -0.05) is 6.07 Å². The van der Waals surface area contributed by atoms with Crippen molar-refractivity contribution < 1.29 is 23.8 Å². The Morgan fingerprint density at radius 2 is 1.44 bits per heavy atom. The lowest BCUT2D eigenvalue weighted by molar-refractivity contribution is -0.114. The van der Waals surface area contributed by atoms with Gasteiger partial charge >= 0.3 is 0 Å². The SMILES string of the molecule is COc1ccc(NC(C)=O)cc1NC(=O)c1c(OC)cccc1OC. The molecule has 0 aromatic heterocycles. The van der Waals surface area contributed by atoms with Crippen LogP contribution in [0.5, 0.6) is 17.2 Å². The van der Waals surface area contributed by atoms with Crippen molar-refractivity contribution in [3.8, 4) is 17.2 Å².